The summed E-state index contributed by atoms with van der Waals surface area (Å²) in [7, 11) is 0. The Kier molecular flexibility index (Phi) is 3.45. The summed E-state index contributed by atoms with van der Waals surface area (Å²) < 4.78 is 21.4. The number of nitrogens with zero attached hydrogens (tertiary/aromatic N) is 4. The number of rotatable bonds is 3. The number of halogens is 1. The van der Waals surface area contributed by atoms with E-state index in [9.17, 15) is 4.39 Å². The van der Waals surface area contributed by atoms with Crippen LogP contribution in [0, 0.1) is 12.7 Å². The molecule has 0 fully saturated rings. The van der Waals surface area contributed by atoms with Gasteiger partial charge < -0.3 is 4.74 Å². The van der Waals surface area contributed by atoms with Gasteiger partial charge in [0.2, 0.25) is 0 Å². The van der Waals surface area contributed by atoms with Crippen LogP contribution < -0.4 is 4.74 Å². The van der Waals surface area contributed by atoms with E-state index in [4.69, 9.17) is 9.72 Å². The summed E-state index contributed by atoms with van der Waals surface area (Å²) in [6, 6.07) is 5.60. The highest BCUT2D eigenvalue weighted by atomic mass is 32.1. The first-order valence-electron chi connectivity index (χ1n) is 8.67. The van der Waals surface area contributed by atoms with Gasteiger partial charge in [-0.05, 0) is 37.6 Å². The molecule has 7 heteroatoms. The van der Waals surface area contributed by atoms with Crippen LogP contribution in [0.5, 0.6) is 6.01 Å². The van der Waals surface area contributed by atoms with Crippen molar-refractivity contribution in [2.75, 3.05) is 6.54 Å². The summed E-state index contributed by atoms with van der Waals surface area (Å²) in [5.41, 5.74) is 2.83. The van der Waals surface area contributed by atoms with Crippen molar-refractivity contribution < 1.29 is 9.13 Å². The van der Waals surface area contributed by atoms with Crippen LogP contribution in [0.1, 0.15) is 23.1 Å². The van der Waals surface area contributed by atoms with Crippen LogP contribution in [0.4, 0.5) is 4.39 Å². The van der Waals surface area contributed by atoms with Gasteiger partial charge in [-0.2, -0.15) is 0 Å². The van der Waals surface area contributed by atoms with Crippen LogP contribution in [0.15, 0.2) is 30.6 Å². The van der Waals surface area contributed by atoms with E-state index >= 15 is 0 Å². The number of hydrogen-bond donors (Lipinski definition) is 0. The molecule has 2 aromatic heterocycles. The molecule has 3 aromatic rings. The highest BCUT2D eigenvalue weighted by Crippen LogP contribution is 2.37. The summed E-state index contributed by atoms with van der Waals surface area (Å²) in [5, 5.41) is 0.982. The Labute approximate surface area is 155 Å². The standard InChI is InChI=1S/C19H19FN4OS/c1-12-7-13(20)3-4-14(12)17-22-15-8-23(9-16(15)26-17)10-19(2)11-24-6-5-21-18(24)25-19/h3-7H,8-11H2,1-2H3/t19-/m0/s1. The van der Waals surface area contributed by atoms with Crippen molar-refractivity contribution in [2.45, 2.75) is 39.1 Å². The summed E-state index contributed by atoms with van der Waals surface area (Å²) >= 11 is 1.71. The SMILES string of the molecule is Cc1cc(F)ccc1-c1nc2c(s1)CN(C[C@@]1(C)Cn3ccnc3O1)C2. The maximum Gasteiger partial charge on any atom is 0.297 e. The van der Waals surface area contributed by atoms with Gasteiger partial charge in [0.05, 0.1) is 12.2 Å². The second-order valence-corrected chi connectivity index (χ2v) is 8.47. The van der Waals surface area contributed by atoms with E-state index in [1.165, 1.54) is 10.9 Å². The average molecular weight is 370 g/mol. The smallest absolute Gasteiger partial charge is 0.297 e. The Bertz CT molecular complexity index is 951. The number of thiazole rings is 1. The number of hydrogen-bond acceptors (Lipinski definition) is 5. The van der Waals surface area contributed by atoms with Crippen molar-refractivity contribution in [3.63, 3.8) is 0 Å². The van der Waals surface area contributed by atoms with E-state index in [-0.39, 0.29) is 11.4 Å². The van der Waals surface area contributed by atoms with E-state index in [0.717, 1.165) is 48.0 Å². The van der Waals surface area contributed by atoms with E-state index in [0.29, 0.717) is 6.01 Å². The summed E-state index contributed by atoms with van der Waals surface area (Å²) in [4.78, 5) is 12.7. The van der Waals surface area contributed by atoms with Gasteiger partial charge in [0.1, 0.15) is 16.4 Å². The van der Waals surface area contributed by atoms with Crippen LogP contribution in [0.25, 0.3) is 10.6 Å². The number of aryl methyl sites for hydroxylation is 1. The topological polar surface area (TPSA) is 43.2 Å². The molecule has 1 aromatic carbocycles. The lowest BCUT2D eigenvalue weighted by molar-refractivity contribution is 0.0567. The third-order valence-corrected chi connectivity index (χ3v) is 6.13. The van der Waals surface area contributed by atoms with E-state index in [1.807, 2.05) is 19.2 Å². The Balaban J connectivity index is 1.31. The van der Waals surface area contributed by atoms with Crippen molar-refractivity contribution in [1.82, 2.24) is 19.4 Å². The van der Waals surface area contributed by atoms with Crippen LogP contribution in [0.3, 0.4) is 0 Å². The Morgan fingerprint density at radius 3 is 3.00 bits per heavy atom. The summed E-state index contributed by atoms with van der Waals surface area (Å²) in [5.74, 6) is -0.203. The first-order valence-corrected chi connectivity index (χ1v) is 9.48. The summed E-state index contributed by atoms with van der Waals surface area (Å²) in [6.45, 7) is 7.43. The molecular weight excluding hydrogens is 351 g/mol. The molecule has 5 rings (SSSR count). The van der Waals surface area contributed by atoms with Crippen molar-refractivity contribution in [3.8, 4) is 16.6 Å². The van der Waals surface area contributed by atoms with E-state index < -0.39 is 0 Å². The first-order chi connectivity index (χ1) is 12.5. The molecule has 134 valence electrons. The zero-order valence-corrected chi connectivity index (χ0v) is 15.5. The van der Waals surface area contributed by atoms with Gasteiger partial charge >= 0.3 is 0 Å². The molecule has 0 radical (unpaired) electrons. The van der Waals surface area contributed by atoms with Gasteiger partial charge in [0.25, 0.3) is 6.01 Å². The second-order valence-electron chi connectivity index (χ2n) is 7.38. The first kappa shape index (κ1) is 16.0. The van der Waals surface area contributed by atoms with E-state index in [2.05, 4.69) is 21.4 Å². The molecule has 4 heterocycles. The molecule has 0 aliphatic carbocycles. The number of fused-ring (bicyclic) bond motifs is 2. The molecule has 0 saturated carbocycles. The fourth-order valence-corrected chi connectivity index (χ4v) is 5.09. The molecule has 0 saturated heterocycles. The quantitative estimate of drug-likeness (QED) is 0.706. The number of benzene rings is 1. The number of aromatic nitrogens is 3. The summed E-state index contributed by atoms with van der Waals surface area (Å²) in [6.07, 6.45) is 3.73. The molecule has 0 amide bonds. The third kappa shape index (κ3) is 2.62. The van der Waals surface area contributed by atoms with Gasteiger partial charge in [0.15, 0.2) is 0 Å². The minimum atomic E-state index is -0.256. The number of imidazole rings is 1. The molecule has 2 aliphatic rings. The fraction of sp³-hybridized carbons (Fsp3) is 0.368. The van der Waals surface area contributed by atoms with Crippen LogP contribution in [0.2, 0.25) is 0 Å². The normalized spacial score (nSPS) is 21.7. The lowest BCUT2D eigenvalue weighted by Crippen LogP contribution is -2.43. The Hall–Kier alpha value is -2.25. The largest absolute Gasteiger partial charge is 0.455 e. The zero-order chi connectivity index (χ0) is 17.9. The molecule has 26 heavy (non-hydrogen) atoms. The molecule has 2 aliphatic heterocycles. The average Bonchev–Trinajstić information content (AvgIpc) is 3.26. The molecule has 0 spiro atoms. The lowest BCUT2D eigenvalue weighted by Gasteiger charge is -2.28. The van der Waals surface area contributed by atoms with Gasteiger partial charge in [0, 0.05) is 42.5 Å². The number of ether oxygens (including phenoxy) is 1. The fourth-order valence-electron chi connectivity index (χ4n) is 3.88. The highest BCUT2D eigenvalue weighted by molar-refractivity contribution is 7.15. The van der Waals surface area contributed by atoms with Gasteiger partial charge in [-0.3, -0.25) is 9.47 Å². The molecule has 0 N–H and O–H groups in total. The maximum atomic E-state index is 13.3. The third-order valence-electron chi connectivity index (χ3n) is 5.02. The van der Waals surface area contributed by atoms with Crippen molar-refractivity contribution in [3.05, 3.63) is 52.5 Å². The molecule has 5 nitrogen and oxygen atoms in total. The van der Waals surface area contributed by atoms with E-state index in [1.54, 1.807) is 23.6 Å². The Morgan fingerprint density at radius 2 is 2.23 bits per heavy atom. The lowest BCUT2D eigenvalue weighted by atomic mass is 10.1. The Morgan fingerprint density at radius 1 is 1.35 bits per heavy atom. The maximum absolute atomic E-state index is 13.3. The van der Waals surface area contributed by atoms with Crippen LogP contribution >= 0.6 is 11.3 Å². The minimum Gasteiger partial charge on any atom is -0.455 e. The predicted octanol–water partition coefficient (Wildman–Crippen LogP) is 3.62. The van der Waals surface area contributed by atoms with Gasteiger partial charge in [-0.25, -0.2) is 14.4 Å². The molecule has 1 atom stereocenters. The van der Waals surface area contributed by atoms with Gasteiger partial charge in [-0.15, -0.1) is 11.3 Å². The van der Waals surface area contributed by atoms with Crippen LogP contribution in [-0.2, 0) is 19.6 Å². The second kappa shape index (κ2) is 5.62. The van der Waals surface area contributed by atoms with Crippen molar-refractivity contribution >= 4 is 11.3 Å². The van der Waals surface area contributed by atoms with Crippen molar-refractivity contribution in [1.29, 1.82) is 0 Å². The molecular formula is C19H19FN4OS. The van der Waals surface area contributed by atoms with Crippen LogP contribution in [-0.4, -0.2) is 31.6 Å². The van der Waals surface area contributed by atoms with Crippen molar-refractivity contribution in [2.24, 2.45) is 0 Å². The minimum absolute atomic E-state index is 0.203. The monoisotopic (exact) mass is 370 g/mol. The molecule has 0 unspecified atom stereocenters. The van der Waals surface area contributed by atoms with Gasteiger partial charge in [-0.1, -0.05) is 0 Å². The highest BCUT2D eigenvalue weighted by Gasteiger charge is 2.39. The predicted molar refractivity (Wildman–Crippen MR) is 97.6 cm³/mol. The zero-order valence-electron chi connectivity index (χ0n) is 14.7. The molecule has 0 bridgehead atoms.